The lowest BCUT2D eigenvalue weighted by Gasteiger charge is -2.38. The molecule has 2 aliphatic rings. The molecule has 9 heteroatoms. The van der Waals surface area contributed by atoms with Crippen molar-refractivity contribution in [2.45, 2.75) is 17.7 Å². The van der Waals surface area contributed by atoms with Crippen LogP contribution in [-0.4, -0.2) is 73.6 Å². The molecule has 3 rings (SSSR count). The molecule has 2 fully saturated rings. The molecular formula is C19H24BrN3O4S. The van der Waals surface area contributed by atoms with Crippen molar-refractivity contribution in [3.05, 3.63) is 41.4 Å². The first-order valence-corrected chi connectivity index (χ1v) is 11.5. The number of carbonyl (C=O) groups excluding carboxylic acids is 2. The molecule has 2 amide bonds. The number of benzene rings is 1. The second-order valence-electron chi connectivity index (χ2n) is 7.01. The fourth-order valence-electron chi connectivity index (χ4n) is 3.69. The average molecular weight is 470 g/mol. The number of rotatable bonds is 4. The molecule has 2 saturated heterocycles. The number of piperazine rings is 1. The average Bonchev–Trinajstić information content (AvgIpc) is 2.72. The predicted octanol–water partition coefficient (Wildman–Crippen LogP) is 1.71. The summed E-state index contributed by atoms with van der Waals surface area (Å²) in [5.41, 5.74) is 0. The third kappa shape index (κ3) is 4.47. The van der Waals surface area contributed by atoms with Crippen LogP contribution in [0.2, 0.25) is 0 Å². The Hall–Kier alpha value is -1.71. The molecule has 0 spiro atoms. The van der Waals surface area contributed by atoms with Gasteiger partial charge >= 0.3 is 0 Å². The number of nitrogens with zero attached hydrogens (tertiary/aromatic N) is 3. The maximum absolute atomic E-state index is 12.9. The molecule has 2 heterocycles. The molecule has 152 valence electrons. The molecule has 1 aromatic rings. The van der Waals surface area contributed by atoms with E-state index in [4.69, 9.17) is 0 Å². The first-order valence-electron chi connectivity index (χ1n) is 9.29. The maximum Gasteiger partial charge on any atom is 0.245 e. The summed E-state index contributed by atoms with van der Waals surface area (Å²) in [6.07, 6.45) is 2.81. The number of likely N-dealkylation sites (tertiary alicyclic amines) is 1. The number of piperidine rings is 1. The van der Waals surface area contributed by atoms with Crippen LogP contribution in [0.1, 0.15) is 12.8 Å². The van der Waals surface area contributed by atoms with Gasteiger partial charge in [0.05, 0.1) is 10.8 Å². The fraction of sp³-hybridized carbons (Fsp3) is 0.474. The molecular weight excluding hydrogens is 446 g/mol. The minimum Gasteiger partial charge on any atom is -0.340 e. The van der Waals surface area contributed by atoms with E-state index in [9.17, 15) is 18.0 Å². The van der Waals surface area contributed by atoms with Gasteiger partial charge in [-0.15, -0.1) is 0 Å². The third-order valence-corrected chi connectivity index (χ3v) is 7.63. The number of amides is 2. The van der Waals surface area contributed by atoms with Crippen molar-refractivity contribution >= 4 is 37.8 Å². The zero-order valence-electron chi connectivity index (χ0n) is 15.6. The van der Waals surface area contributed by atoms with Crippen LogP contribution < -0.4 is 0 Å². The van der Waals surface area contributed by atoms with E-state index in [0.29, 0.717) is 30.7 Å². The zero-order valence-corrected chi connectivity index (χ0v) is 18.0. The van der Waals surface area contributed by atoms with Crippen LogP contribution in [0, 0.1) is 5.92 Å². The van der Waals surface area contributed by atoms with Crippen molar-refractivity contribution in [3.63, 3.8) is 0 Å². The van der Waals surface area contributed by atoms with Crippen LogP contribution in [0.3, 0.4) is 0 Å². The van der Waals surface area contributed by atoms with Gasteiger partial charge in [-0.1, -0.05) is 28.6 Å². The highest BCUT2D eigenvalue weighted by Crippen LogP contribution is 2.23. The molecule has 1 unspecified atom stereocenters. The van der Waals surface area contributed by atoms with Crippen LogP contribution in [0.15, 0.2) is 46.3 Å². The van der Waals surface area contributed by atoms with Crippen LogP contribution in [-0.2, 0) is 19.6 Å². The number of carbonyl (C=O) groups is 2. The molecule has 0 saturated carbocycles. The van der Waals surface area contributed by atoms with E-state index in [1.807, 2.05) is 0 Å². The van der Waals surface area contributed by atoms with Crippen molar-refractivity contribution in [1.29, 1.82) is 0 Å². The normalized spacial score (nSPS) is 21.4. The van der Waals surface area contributed by atoms with E-state index in [1.165, 1.54) is 10.4 Å². The van der Waals surface area contributed by atoms with Crippen molar-refractivity contribution in [3.8, 4) is 0 Å². The lowest BCUT2D eigenvalue weighted by Crippen LogP contribution is -2.53. The summed E-state index contributed by atoms with van der Waals surface area (Å²) in [4.78, 5) is 28.3. The first-order chi connectivity index (χ1) is 13.3. The highest BCUT2D eigenvalue weighted by Gasteiger charge is 2.34. The van der Waals surface area contributed by atoms with Gasteiger partial charge in [0.15, 0.2) is 0 Å². The number of hydrogen-bond acceptors (Lipinski definition) is 4. The van der Waals surface area contributed by atoms with Crippen LogP contribution in [0.5, 0.6) is 0 Å². The Kier molecular flexibility index (Phi) is 6.57. The summed E-state index contributed by atoms with van der Waals surface area (Å²) < 4.78 is 27.8. The molecule has 28 heavy (non-hydrogen) atoms. The second-order valence-corrected chi connectivity index (χ2v) is 9.87. The number of hydrogen-bond donors (Lipinski definition) is 0. The summed E-state index contributed by atoms with van der Waals surface area (Å²) in [5, 5.41) is 0. The molecule has 1 atom stereocenters. The van der Waals surface area contributed by atoms with Crippen molar-refractivity contribution in [1.82, 2.24) is 14.1 Å². The fourth-order valence-corrected chi connectivity index (χ4v) is 5.71. The Bertz CT molecular complexity index is 866. The Morgan fingerprint density at radius 1 is 1.11 bits per heavy atom. The summed E-state index contributed by atoms with van der Waals surface area (Å²) in [6, 6.07) is 6.63. The molecule has 0 aromatic heterocycles. The van der Waals surface area contributed by atoms with Gasteiger partial charge in [0.2, 0.25) is 21.8 Å². The predicted molar refractivity (Wildman–Crippen MR) is 109 cm³/mol. The lowest BCUT2D eigenvalue weighted by atomic mass is 9.96. The second kappa shape index (κ2) is 8.75. The minimum atomic E-state index is -3.58. The topological polar surface area (TPSA) is 78.0 Å². The van der Waals surface area contributed by atoms with Gasteiger partial charge in [-0.3, -0.25) is 9.59 Å². The molecule has 0 aliphatic carbocycles. The molecule has 7 nitrogen and oxygen atoms in total. The molecule has 1 aromatic carbocycles. The molecule has 0 radical (unpaired) electrons. The summed E-state index contributed by atoms with van der Waals surface area (Å²) in [6.45, 7) is 5.81. The largest absolute Gasteiger partial charge is 0.340 e. The van der Waals surface area contributed by atoms with Crippen molar-refractivity contribution in [2.75, 3.05) is 39.3 Å². The molecule has 2 aliphatic heterocycles. The summed E-state index contributed by atoms with van der Waals surface area (Å²) in [5.74, 6) is -0.380. The monoisotopic (exact) mass is 469 g/mol. The highest BCUT2D eigenvalue weighted by atomic mass is 79.9. The lowest BCUT2D eigenvalue weighted by molar-refractivity contribution is -0.140. The summed E-state index contributed by atoms with van der Waals surface area (Å²) >= 11 is 3.30. The van der Waals surface area contributed by atoms with E-state index >= 15 is 0 Å². The zero-order chi connectivity index (χ0) is 20.3. The third-order valence-electron chi connectivity index (χ3n) is 5.24. The van der Waals surface area contributed by atoms with Gasteiger partial charge in [-0.25, -0.2) is 8.42 Å². The van der Waals surface area contributed by atoms with Gasteiger partial charge in [0, 0.05) is 43.7 Å². The minimum absolute atomic E-state index is 0.000987. The first kappa shape index (κ1) is 21.0. The Balaban J connectivity index is 1.61. The van der Waals surface area contributed by atoms with E-state index in [-0.39, 0.29) is 35.7 Å². The van der Waals surface area contributed by atoms with Gasteiger partial charge in [-0.05, 0) is 37.1 Å². The van der Waals surface area contributed by atoms with Gasteiger partial charge in [0.25, 0.3) is 0 Å². The number of halogens is 1. The van der Waals surface area contributed by atoms with Gasteiger partial charge < -0.3 is 9.80 Å². The SMILES string of the molecule is C=CC(=O)N1CCCC(C(=O)N2CCN(S(=O)(=O)c3cccc(Br)c3)CC2)C1. The van der Waals surface area contributed by atoms with Crippen LogP contribution >= 0.6 is 15.9 Å². The maximum atomic E-state index is 12.9. The quantitative estimate of drug-likeness (QED) is 0.628. The number of sulfonamides is 1. The summed E-state index contributed by atoms with van der Waals surface area (Å²) in [7, 11) is -3.58. The van der Waals surface area contributed by atoms with E-state index in [1.54, 1.807) is 34.1 Å². The van der Waals surface area contributed by atoms with E-state index < -0.39 is 10.0 Å². The Labute approximate surface area is 174 Å². The van der Waals surface area contributed by atoms with E-state index in [0.717, 1.165) is 12.8 Å². The Morgan fingerprint density at radius 2 is 1.82 bits per heavy atom. The van der Waals surface area contributed by atoms with Gasteiger partial charge in [-0.2, -0.15) is 4.31 Å². The standard InChI is InChI=1S/C19H24BrN3O4S/c1-2-18(24)22-8-4-5-15(14-22)19(25)21-9-11-23(12-10-21)28(26,27)17-7-3-6-16(20)13-17/h2-3,6-7,13,15H,1,4-5,8-12,14H2. The van der Waals surface area contributed by atoms with Crippen LogP contribution in [0.4, 0.5) is 0 Å². The molecule has 0 N–H and O–H groups in total. The van der Waals surface area contributed by atoms with E-state index in [2.05, 4.69) is 22.5 Å². The van der Waals surface area contributed by atoms with Crippen molar-refractivity contribution in [2.24, 2.45) is 5.92 Å². The van der Waals surface area contributed by atoms with Gasteiger partial charge in [0.1, 0.15) is 0 Å². The Morgan fingerprint density at radius 3 is 2.46 bits per heavy atom. The van der Waals surface area contributed by atoms with Crippen LogP contribution in [0.25, 0.3) is 0 Å². The molecule has 0 bridgehead atoms. The highest BCUT2D eigenvalue weighted by molar-refractivity contribution is 9.10. The smallest absolute Gasteiger partial charge is 0.245 e. The van der Waals surface area contributed by atoms with Crippen molar-refractivity contribution < 1.29 is 18.0 Å².